The molecule has 2 rings (SSSR count). The molecular formula is C19H27N5O4S. The van der Waals surface area contributed by atoms with Gasteiger partial charge >= 0.3 is 5.97 Å². The number of nitrogens with one attached hydrogen (secondary N) is 1. The van der Waals surface area contributed by atoms with E-state index in [4.69, 9.17) is 10.5 Å². The van der Waals surface area contributed by atoms with E-state index in [-0.39, 0.29) is 34.5 Å². The fourth-order valence-corrected chi connectivity index (χ4v) is 4.13. The van der Waals surface area contributed by atoms with E-state index < -0.39 is 11.9 Å². The molecule has 0 spiro atoms. The van der Waals surface area contributed by atoms with Crippen LogP contribution in [0.4, 0.5) is 5.00 Å². The van der Waals surface area contributed by atoms with Gasteiger partial charge in [-0.05, 0) is 40.3 Å². The highest BCUT2D eigenvalue weighted by Crippen LogP contribution is 2.33. The van der Waals surface area contributed by atoms with Gasteiger partial charge in [-0.15, -0.1) is 11.3 Å². The summed E-state index contributed by atoms with van der Waals surface area (Å²) in [6, 6.07) is 0. The van der Waals surface area contributed by atoms with Gasteiger partial charge in [0.05, 0.1) is 29.3 Å². The van der Waals surface area contributed by atoms with Crippen LogP contribution in [0.2, 0.25) is 0 Å². The maximum atomic E-state index is 12.6. The number of nitrogens with zero attached hydrogens (tertiary/aromatic N) is 3. The molecule has 0 aliphatic rings. The highest BCUT2D eigenvalue weighted by atomic mass is 32.1. The monoisotopic (exact) mass is 421 g/mol. The van der Waals surface area contributed by atoms with Gasteiger partial charge in [0.1, 0.15) is 5.00 Å². The molecule has 2 amide bonds. The largest absolute Gasteiger partial charge is 0.462 e. The molecule has 0 aliphatic carbocycles. The van der Waals surface area contributed by atoms with Crippen molar-refractivity contribution in [3.05, 3.63) is 33.0 Å². The number of aromatic nitrogens is 2. The Kier molecular flexibility index (Phi) is 7.15. The van der Waals surface area contributed by atoms with Crippen LogP contribution in [0.3, 0.4) is 0 Å². The normalized spacial score (nSPS) is 11.0. The number of rotatable bonds is 8. The lowest BCUT2D eigenvalue weighted by Gasteiger charge is -2.16. The lowest BCUT2D eigenvalue weighted by molar-refractivity contribution is -0.117. The molecule has 158 valence electrons. The van der Waals surface area contributed by atoms with Crippen molar-refractivity contribution in [2.24, 2.45) is 12.8 Å². The van der Waals surface area contributed by atoms with Crippen molar-refractivity contribution in [1.82, 2.24) is 14.7 Å². The minimum Gasteiger partial charge on any atom is -0.462 e. The molecule has 0 atom stereocenters. The molecule has 0 aliphatic heterocycles. The lowest BCUT2D eigenvalue weighted by Crippen LogP contribution is -2.30. The van der Waals surface area contributed by atoms with E-state index in [1.54, 1.807) is 13.8 Å². The first-order valence-corrected chi connectivity index (χ1v) is 9.96. The summed E-state index contributed by atoms with van der Waals surface area (Å²) >= 11 is 0.977. The Bertz CT molecular complexity index is 947. The second-order valence-electron chi connectivity index (χ2n) is 6.84. The summed E-state index contributed by atoms with van der Waals surface area (Å²) in [5.41, 5.74) is 8.99. The maximum Gasteiger partial charge on any atom is 0.341 e. The topological polar surface area (TPSA) is 120 Å². The number of esters is 1. The van der Waals surface area contributed by atoms with E-state index in [0.29, 0.717) is 12.1 Å². The van der Waals surface area contributed by atoms with Crippen LogP contribution in [0.25, 0.3) is 0 Å². The van der Waals surface area contributed by atoms with Crippen molar-refractivity contribution >= 4 is 34.1 Å². The van der Waals surface area contributed by atoms with E-state index in [9.17, 15) is 14.4 Å². The van der Waals surface area contributed by atoms with Crippen LogP contribution in [0.5, 0.6) is 0 Å². The van der Waals surface area contributed by atoms with Gasteiger partial charge < -0.3 is 15.8 Å². The molecule has 29 heavy (non-hydrogen) atoms. The quantitative estimate of drug-likeness (QED) is 0.627. The van der Waals surface area contributed by atoms with Crippen molar-refractivity contribution < 1.29 is 19.1 Å². The molecular weight excluding hydrogens is 394 g/mol. The third kappa shape index (κ3) is 5.01. The SMILES string of the molecule is CCOC(=O)c1c(NC(=O)CN(C)Cc2c(C)nn(C)c2C)sc(C(N)=O)c1C. The van der Waals surface area contributed by atoms with Crippen LogP contribution in [0.1, 0.15) is 49.5 Å². The number of ether oxygens (including phenoxy) is 1. The average molecular weight is 422 g/mol. The molecule has 3 N–H and O–H groups in total. The number of hydrogen-bond donors (Lipinski definition) is 2. The van der Waals surface area contributed by atoms with Gasteiger partial charge in [-0.25, -0.2) is 4.79 Å². The molecule has 0 saturated carbocycles. The molecule has 10 heteroatoms. The minimum atomic E-state index is -0.654. The van der Waals surface area contributed by atoms with Crippen molar-refractivity contribution in [1.29, 1.82) is 0 Å². The molecule has 2 aromatic heterocycles. The zero-order chi connectivity index (χ0) is 21.9. The predicted molar refractivity (Wildman–Crippen MR) is 111 cm³/mol. The molecule has 0 saturated heterocycles. The Balaban J connectivity index is 2.16. The number of primary amides is 1. The van der Waals surface area contributed by atoms with Crippen LogP contribution < -0.4 is 11.1 Å². The number of anilines is 1. The number of nitrogens with two attached hydrogens (primary N) is 1. The van der Waals surface area contributed by atoms with Gasteiger partial charge in [0.15, 0.2) is 0 Å². The molecule has 0 fully saturated rings. The number of carbonyl (C=O) groups is 3. The van der Waals surface area contributed by atoms with E-state index in [1.807, 2.05) is 37.5 Å². The molecule has 2 heterocycles. The van der Waals surface area contributed by atoms with Crippen molar-refractivity contribution in [3.8, 4) is 0 Å². The van der Waals surface area contributed by atoms with Crippen LogP contribution in [-0.4, -0.2) is 52.7 Å². The number of carbonyl (C=O) groups excluding carboxylic acids is 3. The molecule has 9 nitrogen and oxygen atoms in total. The van der Waals surface area contributed by atoms with Crippen molar-refractivity contribution in [2.45, 2.75) is 34.2 Å². The van der Waals surface area contributed by atoms with Gasteiger partial charge in [-0.3, -0.25) is 19.2 Å². The zero-order valence-corrected chi connectivity index (χ0v) is 18.4. The first-order chi connectivity index (χ1) is 13.6. The van der Waals surface area contributed by atoms with E-state index >= 15 is 0 Å². The Morgan fingerprint density at radius 2 is 1.93 bits per heavy atom. The smallest absolute Gasteiger partial charge is 0.341 e. The lowest BCUT2D eigenvalue weighted by atomic mass is 10.1. The summed E-state index contributed by atoms with van der Waals surface area (Å²) < 4.78 is 6.87. The van der Waals surface area contributed by atoms with Gasteiger partial charge in [-0.1, -0.05) is 0 Å². The fraction of sp³-hybridized carbons (Fsp3) is 0.474. The van der Waals surface area contributed by atoms with Crippen molar-refractivity contribution in [3.63, 3.8) is 0 Å². The van der Waals surface area contributed by atoms with Crippen LogP contribution >= 0.6 is 11.3 Å². The van der Waals surface area contributed by atoms with E-state index in [0.717, 1.165) is 28.3 Å². The second-order valence-corrected chi connectivity index (χ2v) is 7.86. The summed E-state index contributed by atoms with van der Waals surface area (Å²) in [6.07, 6.45) is 0. The number of amides is 2. The summed E-state index contributed by atoms with van der Waals surface area (Å²) in [7, 11) is 3.71. The summed E-state index contributed by atoms with van der Waals surface area (Å²) in [5.74, 6) is -1.56. The maximum absolute atomic E-state index is 12.6. The third-order valence-corrected chi connectivity index (χ3v) is 5.83. The first kappa shape index (κ1) is 22.6. The molecule has 0 unspecified atom stereocenters. The van der Waals surface area contributed by atoms with Gasteiger partial charge in [0.25, 0.3) is 5.91 Å². The number of aryl methyl sites for hydroxylation is 2. The summed E-state index contributed by atoms with van der Waals surface area (Å²) in [6.45, 7) is 8.04. The first-order valence-electron chi connectivity index (χ1n) is 9.14. The standard InChI is InChI=1S/C19H27N5O4S/c1-7-28-19(27)15-10(2)16(17(20)26)29-18(15)21-14(25)9-23(5)8-13-11(3)22-24(6)12(13)4/h7-9H2,1-6H3,(H2,20,26)(H,21,25). The Labute approximate surface area is 173 Å². The fourth-order valence-electron chi connectivity index (χ4n) is 3.07. The minimum absolute atomic E-state index is 0.0961. The number of thiophene rings is 1. The third-order valence-electron chi connectivity index (χ3n) is 4.60. The highest BCUT2D eigenvalue weighted by Gasteiger charge is 2.26. The Hall–Kier alpha value is -2.72. The predicted octanol–water partition coefficient (Wildman–Crippen LogP) is 1.75. The highest BCUT2D eigenvalue weighted by molar-refractivity contribution is 7.18. The number of hydrogen-bond acceptors (Lipinski definition) is 7. The van der Waals surface area contributed by atoms with Gasteiger partial charge in [0.2, 0.25) is 5.91 Å². The second kappa shape index (κ2) is 9.19. The van der Waals surface area contributed by atoms with Crippen molar-refractivity contribution in [2.75, 3.05) is 25.5 Å². The average Bonchev–Trinajstić information content (AvgIpc) is 3.06. The molecule has 2 aromatic rings. The molecule has 0 bridgehead atoms. The van der Waals surface area contributed by atoms with Gasteiger partial charge in [0, 0.05) is 24.8 Å². The van der Waals surface area contributed by atoms with E-state index in [2.05, 4.69) is 10.4 Å². The molecule has 0 aromatic carbocycles. The van der Waals surface area contributed by atoms with Crippen LogP contribution in [-0.2, 0) is 23.1 Å². The van der Waals surface area contributed by atoms with E-state index in [1.165, 1.54) is 0 Å². The zero-order valence-electron chi connectivity index (χ0n) is 17.6. The molecule has 0 radical (unpaired) electrons. The summed E-state index contributed by atoms with van der Waals surface area (Å²) in [5, 5.41) is 7.38. The van der Waals surface area contributed by atoms with Crippen LogP contribution in [0, 0.1) is 20.8 Å². The summed E-state index contributed by atoms with van der Waals surface area (Å²) in [4.78, 5) is 38.6. The Morgan fingerprint density at radius 1 is 1.28 bits per heavy atom. The van der Waals surface area contributed by atoms with Crippen LogP contribution in [0.15, 0.2) is 0 Å². The Morgan fingerprint density at radius 3 is 2.45 bits per heavy atom. The van der Waals surface area contributed by atoms with Gasteiger partial charge in [-0.2, -0.15) is 5.10 Å². The number of likely N-dealkylation sites (N-methyl/N-ethyl adjacent to an activating group) is 1.